The molecule has 1 atom stereocenters. The maximum absolute atomic E-state index is 13.3. The Morgan fingerprint density at radius 3 is 2.68 bits per heavy atom. The van der Waals surface area contributed by atoms with E-state index < -0.39 is 12.0 Å². The van der Waals surface area contributed by atoms with Crippen molar-refractivity contribution >= 4 is 23.1 Å². The number of ether oxygens (including phenoxy) is 2. The van der Waals surface area contributed by atoms with Crippen LogP contribution in [0.2, 0.25) is 0 Å². The molecular weight excluding hydrogens is 426 g/mol. The summed E-state index contributed by atoms with van der Waals surface area (Å²) in [7, 11) is 0. The lowest BCUT2D eigenvalue weighted by atomic mass is 10.1. The summed E-state index contributed by atoms with van der Waals surface area (Å²) in [4.78, 5) is 22.7. The number of hydrogen-bond acceptors (Lipinski definition) is 7. The van der Waals surface area contributed by atoms with E-state index in [1.807, 2.05) is 5.38 Å². The highest BCUT2D eigenvalue weighted by molar-refractivity contribution is 7.09. The van der Waals surface area contributed by atoms with Gasteiger partial charge in [0, 0.05) is 17.6 Å². The summed E-state index contributed by atoms with van der Waals surface area (Å²) in [6.07, 6.45) is 6.44. The Morgan fingerprint density at radius 1 is 1.26 bits per heavy atom. The maximum Gasteiger partial charge on any atom is 0.414 e. The minimum atomic E-state index is -2.70. The van der Waals surface area contributed by atoms with E-state index in [1.54, 1.807) is 12.3 Å². The second-order valence-corrected chi connectivity index (χ2v) is 9.50. The number of pyridine rings is 1. The van der Waals surface area contributed by atoms with Gasteiger partial charge in [-0.15, -0.1) is 11.3 Å². The van der Waals surface area contributed by atoms with Gasteiger partial charge < -0.3 is 19.7 Å². The van der Waals surface area contributed by atoms with Crippen LogP contribution in [0.25, 0.3) is 0 Å². The van der Waals surface area contributed by atoms with Crippen LogP contribution in [0.4, 0.5) is 19.3 Å². The van der Waals surface area contributed by atoms with E-state index in [1.165, 1.54) is 35.1 Å². The van der Waals surface area contributed by atoms with E-state index in [2.05, 4.69) is 15.3 Å². The largest absolute Gasteiger partial charge is 0.476 e. The van der Waals surface area contributed by atoms with Crippen LogP contribution in [-0.4, -0.2) is 41.7 Å². The molecule has 0 spiro atoms. The van der Waals surface area contributed by atoms with Crippen molar-refractivity contribution in [1.82, 2.24) is 15.3 Å². The molecule has 7 nitrogen and oxygen atoms in total. The minimum absolute atomic E-state index is 0.0728. The highest BCUT2D eigenvalue weighted by atomic mass is 32.1. The predicted molar refractivity (Wildman–Crippen MR) is 111 cm³/mol. The van der Waals surface area contributed by atoms with Gasteiger partial charge in [0.05, 0.1) is 25.7 Å². The fourth-order valence-corrected chi connectivity index (χ4v) is 4.27. The van der Waals surface area contributed by atoms with Gasteiger partial charge >= 0.3 is 6.09 Å². The Labute approximate surface area is 182 Å². The first-order chi connectivity index (χ1) is 14.9. The van der Waals surface area contributed by atoms with Gasteiger partial charge in [-0.3, -0.25) is 0 Å². The molecule has 2 aromatic rings. The molecule has 1 N–H and O–H groups in total. The zero-order chi connectivity index (χ0) is 21.4. The number of anilines is 1. The molecule has 3 fully saturated rings. The minimum Gasteiger partial charge on any atom is -0.476 e. The summed E-state index contributed by atoms with van der Waals surface area (Å²) < 4.78 is 37.9. The number of thiazole rings is 1. The first-order valence-electron chi connectivity index (χ1n) is 10.6. The third-order valence-electron chi connectivity index (χ3n) is 5.66. The smallest absolute Gasteiger partial charge is 0.414 e. The van der Waals surface area contributed by atoms with Gasteiger partial charge in [0.2, 0.25) is 11.8 Å². The van der Waals surface area contributed by atoms with Crippen molar-refractivity contribution in [3.63, 3.8) is 0 Å². The third kappa shape index (κ3) is 5.23. The Kier molecular flexibility index (Phi) is 5.41. The zero-order valence-electron chi connectivity index (χ0n) is 16.9. The van der Waals surface area contributed by atoms with E-state index in [0.29, 0.717) is 24.1 Å². The van der Waals surface area contributed by atoms with E-state index in [-0.39, 0.29) is 30.9 Å². The highest BCUT2D eigenvalue weighted by Gasteiger charge is 2.45. The van der Waals surface area contributed by atoms with Gasteiger partial charge in [0.1, 0.15) is 10.7 Å². The van der Waals surface area contributed by atoms with Crippen LogP contribution in [0.15, 0.2) is 23.7 Å². The van der Waals surface area contributed by atoms with Crippen molar-refractivity contribution in [3.8, 4) is 11.8 Å². The summed E-state index contributed by atoms with van der Waals surface area (Å²) in [5.41, 5.74) is 0.494. The van der Waals surface area contributed by atoms with Crippen LogP contribution in [0.5, 0.6) is 11.8 Å². The average molecular weight is 451 g/mol. The van der Waals surface area contributed by atoms with Crippen molar-refractivity contribution < 1.29 is 23.0 Å². The standard InChI is InChI=1S/C21H24F2N4O3S/c22-21(23)11-27(12-21)16-5-6-17(26-18(16)29-10-14-3-4-14)30-20(28)25-15(9-13-1-2-13)19-24-7-8-31-19/h5-8,13-15H,1-4,9-12H2,(H,25,28)/t15-/m0/s1. The van der Waals surface area contributed by atoms with Crippen LogP contribution in [-0.2, 0) is 0 Å². The summed E-state index contributed by atoms with van der Waals surface area (Å²) in [6.45, 7) is -0.259. The number of halogens is 2. The normalized spacial score (nSPS) is 20.6. The fraction of sp³-hybridized carbons (Fsp3) is 0.571. The summed E-state index contributed by atoms with van der Waals surface area (Å²) in [5.74, 6) is -1.33. The summed E-state index contributed by atoms with van der Waals surface area (Å²) in [6, 6.07) is 2.93. The van der Waals surface area contributed by atoms with E-state index in [9.17, 15) is 13.6 Å². The molecule has 1 aliphatic heterocycles. The SMILES string of the molecule is O=C(N[C@@H](CC1CC1)c1nccs1)Oc1ccc(N2CC(F)(F)C2)c(OCC2CC2)n1. The van der Waals surface area contributed by atoms with Gasteiger partial charge in [-0.25, -0.2) is 18.6 Å². The zero-order valence-corrected chi connectivity index (χ0v) is 17.7. The lowest BCUT2D eigenvalue weighted by Crippen LogP contribution is -2.56. The molecule has 0 bridgehead atoms. The molecular formula is C21H24F2N4O3S. The predicted octanol–water partition coefficient (Wildman–Crippen LogP) is 4.41. The highest BCUT2D eigenvalue weighted by Crippen LogP contribution is 2.39. The molecule has 3 aliphatic rings. The molecule has 2 saturated carbocycles. The van der Waals surface area contributed by atoms with Gasteiger partial charge in [0.25, 0.3) is 5.92 Å². The summed E-state index contributed by atoms with van der Waals surface area (Å²) >= 11 is 1.50. The van der Waals surface area contributed by atoms with Crippen molar-refractivity contribution in [2.75, 3.05) is 24.6 Å². The van der Waals surface area contributed by atoms with Crippen molar-refractivity contribution in [1.29, 1.82) is 0 Å². The molecule has 5 rings (SSSR count). The van der Waals surface area contributed by atoms with Crippen molar-refractivity contribution in [3.05, 3.63) is 28.7 Å². The quantitative estimate of drug-likeness (QED) is 0.610. The van der Waals surface area contributed by atoms with Crippen LogP contribution in [0, 0.1) is 11.8 Å². The molecule has 2 aliphatic carbocycles. The van der Waals surface area contributed by atoms with Crippen LogP contribution in [0.1, 0.15) is 43.2 Å². The van der Waals surface area contributed by atoms with Crippen molar-refractivity contribution in [2.45, 2.75) is 44.1 Å². The molecule has 3 heterocycles. The van der Waals surface area contributed by atoms with Gasteiger partial charge in [0.15, 0.2) is 0 Å². The van der Waals surface area contributed by atoms with Gasteiger partial charge in [-0.2, -0.15) is 4.98 Å². The number of carbonyl (C=O) groups is 1. The molecule has 0 unspecified atom stereocenters. The number of amides is 1. The second-order valence-electron chi connectivity index (χ2n) is 8.58. The number of rotatable bonds is 9. The number of nitrogens with one attached hydrogen (secondary N) is 1. The summed E-state index contributed by atoms with van der Waals surface area (Å²) in [5, 5.41) is 5.61. The van der Waals surface area contributed by atoms with Crippen molar-refractivity contribution in [2.24, 2.45) is 11.8 Å². The lowest BCUT2D eigenvalue weighted by Gasteiger charge is -2.40. The molecule has 31 heavy (non-hydrogen) atoms. The lowest BCUT2D eigenvalue weighted by molar-refractivity contribution is -0.0265. The van der Waals surface area contributed by atoms with Crippen LogP contribution >= 0.6 is 11.3 Å². The average Bonchev–Trinajstić information content (AvgIpc) is 3.64. The van der Waals surface area contributed by atoms with E-state index in [0.717, 1.165) is 24.3 Å². The number of nitrogens with zero attached hydrogens (tertiary/aromatic N) is 3. The first kappa shape index (κ1) is 20.4. The monoisotopic (exact) mass is 450 g/mol. The Morgan fingerprint density at radius 2 is 2.03 bits per heavy atom. The van der Waals surface area contributed by atoms with E-state index >= 15 is 0 Å². The fourth-order valence-electron chi connectivity index (χ4n) is 3.57. The molecule has 2 aromatic heterocycles. The third-order valence-corrected chi connectivity index (χ3v) is 6.55. The molecule has 0 radical (unpaired) electrons. The molecule has 10 heteroatoms. The Balaban J connectivity index is 1.26. The van der Waals surface area contributed by atoms with Crippen LogP contribution < -0.4 is 19.7 Å². The Bertz CT molecular complexity index is 927. The molecule has 166 valence electrons. The molecule has 1 amide bonds. The van der Waals surface area contributed by atoms with E-state index in [4.69, 9.17) is 9.47 Å². The van der Waals surface area contributed by atoms with Crippen LogP contribution in [0.3, 0.4) is 0 Å². The number of hydrogen-bond donors (Lipinski definition) is 1. The number of aromatic nitrogens is 2. The number of alkyl halides is 2. The van der Waals surface area contributed by atoms with Gasteiger partial charge in [-0.1, -0.05) is 12.8 Å². The van der Waals surface area contributed by atoms with Gasteiger partial charge in [-0.05, 0) is 37.2 Å². The first-order valence-corrected chi connectivity index (χ1v) is 11.5. The number of carbonyl (C=O) groups excluding carboxylic acids is 1. The molecule has 0 aromatic carbocycles. The molecule has 1 saturated heterocycles. The second kappa shape index (κ2) is 8.22. The maximum atomic E-state index is 13.3. The topological polar surface area (TPSA) is 76.6 Å². The Hall–Kier alpha value is -2.49.